The van der Waals surface area contributed by atoms with Crippen molar-refractivity contribution in [2.75, 3.05) is 7.11 Å². The SMILES string of the molecule is COc1ccc(C(Cl)C2CC2(C)C)c(Cl)c1. The average Bonchev–Trinajstić information content (AvgIpc) is 2.86. The Morgan fingerprint density at radius 2 is 2.06 bits per heavy atom. The highest BCUT2D eigenvalue weighted by Crippen LogP contribution is 2.60. The Bertz CT molecular complexity index is 401. The van der Waals surface area contributed by atoms with Crippen LogP contribution in [-0.4, -0.2) is 7.11 Å². The molecule has 1 saturated carbocycles. The fraction of sp³-hybridized carbons (Fsp3) is 0.538. The van der Waals surface area contributed by atoms with E-state index in [9.17, 15) is 0 Å². The van der Waals surface area contributed by atoms with Crippen LogP contribution in [0.15, 0.2) is 18.2 Å². The maximum Gasteiger partial charge on any atom is 0.120 e. The molecule has 1 aliphatic carbocycles. The molecule has 0 aromatic heterocycles. The number of hydrogen-bond donors (Lipinski definition) is 0. The van der Waals surface area contributed by atoms with Gasteiger partial charge in [0.25, 0.3) is 0 Å². The van der Waals surface area contributed by atoms with Gasteiger partial charge in [0.15, 0.2) is 0 Å². The third kappa shape index (κ3) is 2.16. The van der Waals surface area contributed by atoms with Gasteiger partial charge in [0, 0.05) is 5.02 Å². The summed E-state index contributed by atoms with van der Waals surface area (Å²) in [5, 5.41) is 0.704. The first kappa shape index (κ1) is 12.1. The Hall–Kier alpha value is -0.400. The molecule has 0 saturated heterocycles. The highest BCUT2D eigenvalue weighted by molar-refractivity contribution is 6.33. The van der Waals surface area contributed by atoms with E-state index in [-0.39, 0.29) is 5.38 Å². The summed E-state index contributed by atoms with van der Waals surface area (Å²) in [4.78, 5) is 0. The fourth-order valence-corrected chi connectivity index (χ4v) is 3.05. The van der Waals surface area contributed by atoms with Crippen molar-refractivity contribution in [3.63, 3.8) is 0 Å². The van der Waals surface area contributed by atoms with Crippen molar-refractivity contribution in [1.82, 2.24) is 0 Å². The largest absolute Gasteiger partial charge is 0.497 e. The summed E-state index contributed by atoms with van der Waals surface area (Å²) < 4.78 is 5.12. The van der Waals surface area contributed by atoms with E-state index in [2.05, 4.69) is 13.8 Å². The highest BCUT2D eigenvalue weighted by Gasteiger charge is 2.50. The van der Waals surface area contributed by atoms with Crippen LogP contribution in [0.25, 0.3) is 0 Å². The van der Waals surface area contributed by atoms with E-state index in [1.165, 1.54) is 6.42 Å². The van der Waals surface area contributed by atoms with Crippen LogP contribution in [0.1, 0.15) is 31.2 Å². The molecule has 0 aliphatic heterocycles. The van der Waals surface area contributed by atoms with Crippen LogP contribution in [0.5, 0.6) is 5.75 Å². The standard InChI is InChI=1S/C13H16Cl2O/c1-13(2)7-10(13)12(15)9-5-4-8(16-3)6-11(9)14/h4-6,10,12H,7H2,1-3H3. The minimum absolute atomic E-state index is 0.00778. The van der Waals surface area contributed by atoms with Gasteiger partial charge in [-0.05, 0) is 35.4 Å². The first-order chi connectivity index (χ1) is 7.45. The number of methoxy groups -OCH3 is 1. The summed E-state index contributed by atoms with van der Waals surface area (Å²) in [6, 6.07) is 5.70. The quantitative estimate of drug-likeness (QED) is 0.716. The molecule has 1 aromatic rings. The van der Waals surface area contributed by atoms with E-state index in [4.69, 9.17) is 27.9 Å². The topological polar surface area (TPSA) is 9.23 Å². The monoisotopic (exact) mass is 258 g/mol. The maximum absolute atomic E-state index is 6.46. The lowest BCUT2D eigenvalue weighted by Crippen LogP contribution is -2.00. The summed E-state index contributed by atoms with van der Waals surface area (Å²) in [6.45, 7) is 4.48. The van der Waals surface area contributed by atoms with Crippen LogP contribution in [0.2, 0.25) is 5.02 Å². The molecule has 2 atom stereocenters. The minimum Gasteiger partial charge on any atom is -0.497 e. The molecule has 3 heteroatoms. The van der Waals surface area contributed by atoms with E-state index >= 15 is 0 Å². The second kappa shape index (κ2) is 4.12. The molecule has 0 N–H and O–H groups in total. The van der Waals surface area contributed by atoms with Gasteiger partial charge in [-0.3, -0.25) is 0 Å². The minimum atomic E-state index is 0.00778. The number of alkyl halides is 1. The van der Waals surface area contributed by atoms with E-state index in [1.807, 2.05) is 18.2 Å². The zero-order valence-corrected chi connectivity index (χ0v) is 11.3. The number of ether oxygens (including phenoxy) is 1. The van der Waals surface area contributed by atoms with Crippen molar-refractivity contribution < 1.29 is 4.74 Å². The molecule has 0 heterocycles. The number of halogens is 2. The Balaban J connectivity index is 2.21. The number of hydrogen-bond acceptors (Lipinski definition) is 1. The Morgan fingerprint density at radius 1 is 1.44 bits per heavy atom. The smallest absolute Gasteiger partial charge is 0.120 e. The first-order valence-electron chi connectivity index (χ1n) is 5.43. The van der Waals surface area contributed by atoms with Crippen molar-refractivity contribution in [2.24, 2.45) is 11.3 Å². The van der Waals surface area contributed by atoms with Crippen molar-refractivity contribution in [2.45, 2.75) is 25.6 Å². The predicted octanol–water partition coefficient (Wildman–Crippen LogP) is 4.67. The van der Waals surface area contributed by atoms with Crippen LogP contribution in [0.3, 0.4) is 0 Å². The Kier molecular flexibility index (Phi) is 3.11. The lowest BCUT2D eigenvalue weighted by atomic mass is 10.0. The second-order valence-electron chi connectivity index (χ2n) is 5.09. The predicted molar refractivity (Wildman–Crippen MR) is 68.5 cm³/mol. The number of rotatable bonds is 3. The normalized spacial score (nSPS) is 23.9. The lowest BCUT2D eigenvalue weighted by molar-refractivity contribution is 0.414. The molecular weight excluding hydrogens is 243 g/mol. The molecule has 16 heavy (non-hydrogen) atoms. The molecule has 88 valence electrons. The summed E-state index contributed by atoms with van der Waals surface area (Å²) in [5.74, 6) is 1.30. The van der Waals surface area contributed by atoms with Gasteiger partial charge < -0.3 is 4.74 Å². The van der Waals surface area contributed by atoms with E-state index < -0.39 is 0 Å². The van der Waals surface area contributed by atoms with Crippen molar-refractivity contribution in [3.8, 4) is 5.75 Å². The molecule has 0 amide bonds. The van der Waals surface area contributed by atoms with Gasteiger partial charge >= 0.3 is 0 Å². The molecule has 1 nitrogen and oxygen atoms in total. The van der Waals surface area contributed by atoms with Crippen molar-refractivity contribution >= 4 is 23.2 Å². The molecule has 0 radical (unpaired) electrons. The van der Waals surface area contributed by atoms with Crippen LogP contribution in [0.4, 0.5) is 0 Å². The maximum atomic E-state index is 6.46. The second-order valence-corrected chi connectivity index (χ2v) is 5.97. The Morgan fingerprint density at radius 3 is 2.50 bits per heavy atom. The van der Waals surface area contributed by atoms with Gasteiger partial charge in [0.2, 0.25) is 0 Å². The Labute approximate surface area is 107 Å². The van der Waals surface area contributed by atoms with Crippen LogP contribution in [-0.2, 0) is 0 Å². The molecule has 2 rings (SSSR count). The molecule has 2 unspecified atom stereocenters. The molecule has 0 spiro atoms. The first-order valence-corrected chi connectivity index (χ1v) is 6.24. The van der Waals surface area contributed by atoms with E-state index in [0.29, 0.717) is 16.4 Å². The zero-order chi connectivity index (χ0) is 11.9. The van der Waals surface area contributed by atoms with Crippen LogP contribution in [0, 0.1) is 11.3 Å². The molecule has 1 aliphatic rings. The highest BCUT2D eigenvalue weighted by atomic mass is 35.5. The summed E-state index contributed by atoms with van der Waals surface area (Å²) in [6.07, 6.45) is 1.17. The average molecular weight is 259 g/mol. The third-order valence-electron chi connectivity index (χ3n) is 3.45. The number of benzene rings is 1. The summed E-state index contributed by atoms with van der Waals surface area (Å²) >= 11 is 12.7. The van der Waals surface area contributed by atoms with Crippen LogP contribution >= 0.6 is 23.2 Å². The zero-order valence-electron chi connectivity index (χ0n) is 9.76. The van der Waals surface area contributed by atoms with E-state index in [1.54, 1.807) is 7.11 Å². The van der Waals surface area contributed by atoms with Gasteiger partial charge in [-0.1, -0.05) is 31.5 Å². The van der Waals surface area contributed by atoms with Gasteiger partial charge in [-0.2, -0.15) is 0 Å². The molecule has 1 aromatic carbocycles. The van der Waals surface area contributed by atoms with Crippen molar-refractivity contribution in [1.29, 1.82) is 0 Å². The van der Waals surface area contributed by atoms with Gasteiger partial charge in [-0.25, -0.2) is 0 Å². The fourth-order valence-electron chi connectivity index (χ4n) is 2.08. The van der Waals surface area contributed by atoms with E-state index in [0.717, 1.165) is 11.3 Å². The lowest BCUT2D eigenvalue weighted by Gasteiger charge is -2.14. The molecule has 0 bridgehead atoms. The summed E-state index contributed by atoms with van der Waals surface area (Å²) in [7, 11) is 1.63. The summed E-state index contributed by atoms with van der Waals surface area (Å²) in [5.41, 5.74) is 1.37. The van der Waals surface area contributed by atoms with Gasteiger partial charge in [-0.15, -0.1) is 11.6 Å². The van der Waals surface area contributed by atoms with Gasteiger partial charge in [0.1, 0.15) is 5.75 Å². The van der Waals surface area contributed by atoms with Gasteiger partial charge in [0.05, 0.1) is 12.5 Å². The third-order valence-corrected chi connectivity index (χ3v) is 4.31. The molecular formula is C13H16Cl2O. The molecule has 1 fully saturated rings. The van der Waals surface area contributed by atoms with Crippen LogP contribution < -0.4 is 4.74 Å². The van der Waals surface area contributed by atoms with Crippen molar-refractivity contribution in [3.05, 3.63) is 28.8 Å².